The average Bonchev–Trinajstić information content (AvgIpc) is 2.94. The molecule has 0 aromatic heterocycles. The summed E-state index contributed by atoms with van der Waals surface area (Å²) in [6.07, 6.45) is 0.828. The predicted octanol–water partition coefficient (Wildman–Crippen LogP) is 5.26. The van der Waals surface area contributed by atoms with Gasteiger partial charge in [0.2, 0.25) is 0 Å². The Labute approximate surface area is 210 Å². The molecular formula is C23H22ClF3N4O4S. The predicted molar refractivity (Wildman–Crippen MR) is 126 cm³/mol. The highest BCUT2D eigenvalue weighted by Crippen LogP contribution is 2.54. The Morgan fingerprint density at radius 3 is 2.50 bits per heavy atom. The molecule has 13 heteroatoms. The molecule has 2 bridgehead atoms. The van der Waals surface area contributed by atoms with Crippen LogP contribution in [0.15, 0.2) is 40.3 Å². The first kappa shape index (κ1) is 26.3. The molecule has 2 saturated carbocycles. The topological polar surface area (TPSA) is 132 Å². The molecule has 0 saturated heterocycles. The fourth-order valence-corrected chi connectivity index (χ4v) is 7.94. The van der Waals surface area contributed by atoms with Gasteiger partial charge in [0.1, 0.15) is 0 Å². The van der Waals surface area contributed by atoms with E-state index in [1.54, 1.807) is 0 Å². The van der Waals surface area contributed by atoms with Gasteiger partial charge < -0.3 is 10.4 Å². The van der Waals surface area contributed by atoms with Crippen LogP contribution in [0.3, 0.4) is 0 Å². The molecule has 3 unspecified atom stereocenters. The van der Waals surface area contributed by atoms with Gasteiger partial charge in [0.05, 0.1) is 27.3 Å². The highest BCUT2D eigenvalue weighted by molar-refractivity contribution is 7.92. The van der Waals surface area contributed by atoms with Gasteiger partial charge in [-0.3, -0.25) is 4.79 Å². The molecule has 2 aromatic carbocycles. The van der Waals surface area contributed by atoms with E-state index in [4.69, 9.17) is 17.1 Å². The molecule has 2 N–H and O–H groups in total. The zero-order valence-corrected chi connectivity index (χ0v) is 20.5. The van der Waals surface area contributed by atoms with Crippen LogP contribution in [0.2, 0.25) is 5.02 Å². The van der Waals surface area contributed by atoms with E-state index in [0.29, 0.717) is 18.6 Å². The third-order valence-electron chi connectivity index (χ3n) is 7.32. The van der Waals surface area contributed by atoms with Gasteiger partial charge in [0.15, 0.2) is 27.3 Å². The van der Waals surface area contributed by atoms with Crippen molar-refractivity contribution in [2.24, 2.45) is 22.9 Å². The summed E-state index contributed by atoms with van der Waals surface area (Å²) < 4.78 is 67.4. The number of aliphatic hydroxyl groups is 1. The zero-order valence-electron chi connectivity index (χ0n) is 19.0. The fourth-order valence-electron chi connectivity index (χ4n) is 5.56. The smallest absolute Gasteiger partial charge is 0.255 e. The minimum Gasteiger partial charge on any atom is -0.389 e. The first-order valence-corrected chi connectivity index (χ1v) is 13.0. The molecule has 2 aliphatic carbocycles. The molecule has 0 radical (unpaired) electrons. The van der Waals surface area contributed by atoms with E-state index in [1.165, 1.54) is 12.1 Å². The van der Waals surface area contributed by atoms with Gasteiger partial charge in [-0.15, -0.1) is 0 Å². The Bertz CT molecular complexity index is 1360. The van der Waals surface area contributed by atoms with Crippen LogP contribution in [-0.4, -0.2) is 36.8 Å². The molecule has 1 amide bonds. The molecule has 36 heavy (non-hydrogen) atoms. The lowest BCUT2D eigenvalue weighted by Gasteiger charge is -2.42. The van der Waals surface area contributed by atoms with Crippen molar-refractivity contribution >= 4 is 33.0 Å². The number of benzene rings is 2. The Morgan fingerprint density at radius 1 is 1.22 bits per heavy atom. The normalized spacial score (nSPS) is 27.4. The third-order valence-corrected chi connectivity index (χ3v) is 9.98. The minimum absolute atomic E-state index is 0.0122. The van der Waals surface area contributed by atoms with Gasteiger partial charge in [-0.25, -0.2) is 21.6 Å². The Morgan fingerprint density at radius 2 is 1.89 bits per heavy atom. The van der Waals surface area contributed by atoms with Gasteiger partial charge in [-0.05, 0) is 60.7 Å². The van der Waals surface area contributed by atoms with Crippen molar-refractivity contribution in [3.05, 3.63) is 68.8 Å². The first-order chi connectivity index (χ1) is 16.9. The molecule has 0 heterocycles. The zero-order chi connectivity index (χ0) is 26.4. The van der Waals surface area contributed by atoms with Crippen LogP contribution < -0.4 is 5.32 Å². The molecule has 8 nitrogen and oxygen atoms in total. The number of rotatable bonds is 6. The summed E-state index contributed by atoms with van der Waals surface area (Å²) in [5.41, 5.74) is 6.90. The number of anilines is 1. The number of fused-ring (bicyclic) bond motifs is 2. The van der Waals surface area contributed by atoms with Crippen molar-refractivity contribution in [1.82, 2.24) is 0 Å². The number of hydrogen-bond acceptors (Lipinski definition) is 5. The molecule has 2 aromatic rings. The summed E-state index contributed by atoms with van der Waals surface area (Å²) in [6.45, 7) is 1.77. The minimum atomic E-state index is -4.06. The van der Waals surface area contributed by atoms with Crippen molar-refractivity contribution in [3.8, 4) is 0 Å². The van der Waals surface area contributed by atoms with E-state index >= 15 is 0 Å². The number of hydrogen-bond donors (Lipinski definition) is 2. The molecule has 192 valence electrons. The monoisotopic (exact) mass is 542 g/mol. The second-order valence-corrected chi connectivity index (χ2v) is 12.0. The van der Waals surface area contributed by atoms with Gasteiger partial charge in [-0.1, -0.05) is 23.6 Å². The maximum absolute atomic E-state index is 13.6. The number of carbonyl (C=O) groups is 1. The Balaban J connectivity index is 1.61. The molecule has 4 rings (SSSR count). The van der Waals surface area contributed by atoms with E-state index in [9.17, 15) is 31.5 Å². The van der Waals surface area contributed by atoms with Crippen molar-refractivity contribution in [1.29, 1.82) is 0 Å². The Kier molecular flexibility index (Phi) is 7.00. The maximum Gasteiger partial charge on any atom is 0.255 e. The molecule has 0 spiro atoms. The summed E-state index contributed by atoms with van der Waals surface area (Å²) >= 11 is 6.21. The number of nitrogens with zero attached hydrogens (tertiary/aromatic N) is 3. The van der Waals surface area contributed by atoms with Crippen molar-refractivity contribution < 1.29 is 31.5 Å². The molecular weight excluding hydrogens is 521 g/mol. The SMILES string of the molecule is C[C@H]1CC2CC(S(=O)(=O)c3cc(C(=O)Nc4cc(F)c(F)c(F)c4)ccc3Cl)CC1[C@@]2(O)CN=[N+]=[N-]. The lowest BCUT2D eigenvalue weighted by atomic mass is 9.73. The van der Waals surface area contributed by atoms with Crippen LogP contribution in [0.5, 0.6) is 0 Å². The average molecular weight is 543 g/mol. The van der Waals surface area contributed by atoms with Gasteiger partial charge in [0, 0.05) is 28.3 Å². The van der Waals surface area contributed by atoms with E-state index in [1.807, 2.05) is 6.92 Å². The second-order valence-electron chi connectivity index (χ2n) is 9.39. The first-order valence-electron chi connectivity index (χ1n) is 11.1. The summed E-state index contributed by atoms with van der Waals surface area (Å²) in [5.74, 6) is -6.35. The second kappa shape index (κ2) is 9.59. The molecule has 5 atom stereocenters. The number of carbonyl (C=O) groups excluding carboxylic acids is 1. The number of nitrogens with one attached hydrogen (secondary N) is 1. The molecule has 2 fully saturated rings. The molecule has 2 aliphatic rings. The van der Waals surface area contributed by atoms with Crippen LogP contribution in [0, 0.1) is 35.2 Å². The highest BCUT2D eigenvalue weighted by Gasteiger charge is 2.58. The summed E-state index contributed by atoms with van der Waals surface area (Å²) in [5, 5.41) is 15.9. The number of halogens is 4. The number of amides is 1. The lowest BCUT2D eigenvalue weighted by molar-refractivity contribution is -0.0548. The van der Waals surface area contributed by atoms with Gasteiger partial charge in [0.25, 0.3) is 5.91 Å². The summed E-state index contributed by atoms with van der Waals surface area (Å²) in [6, 6.07) is 4.75. The van der Waals surface area contributed by atoms with E-state index < -0.39 is 55.9 Å². The lowest BCUT2D eigenvalue weighted by Crippen LogP contribution is -2.50. The van der Waals surface area contributed by atoms with Gasteiger partial charge in [-0.2, -0.15) is 0 Å². The van der Waals surface area contributed by atoms with E-state index in [-0.39, 0.29) is 46.5 Å². The van der Waals surface area contributed by atoms with Crippen LogP contribution in [-0.2, 0) is 9.84 Å². The Hall–Kier alpha value is -2.79. The van der Waals surface area contributed by atoms with Crippen LogP contribution in [0.1, 0.15) is 36.5 Å². The third kappa shape index (κ3) is 4.54. The van der Waals surface area contributed by atoms with Gasteiger partial charge >= 0.3 is 0 Å². The number of sulfone groups is 1. The summed E-state index contributed by atoms with van der Waals surface area (Å²) in [4.78, 5) is 15.1. The van der Waals surface area contributed by atoms with Crippen molar-refractivity contribution in [3.63, 3.8) is 0 Å². The maximum atomic E-state index is 13.6. The van der Waals surface area contributed by atoms with Crippen LogP contribution in [0.25, 0.3) is 10.4 Å². The van der Waals surface area contributed by atoms with Crippen LogP contribution >= 0.6 is 11.6 Å². The number of azide groups is 1. The van der Waals surface area contributed by atoms with E-state index in [0.717, 1.165) is 6.07 Å². The quantitative estimate of drug-likeness (QED) is 0.223. The standard InChI is InChI=1S/C23H22ClF3N4O4S/c1-11-4-13-6-15(9-16(11)23(13,33)10-29-31-28)36(34,35)20-5-12(2-3-17(20)24)22(32)30-14-7-18(25)21(27)19(26)8-14/h2-3,5,7-8,11,13,15-16,33H,4,6,9-10H2,1H3,(H,30,32)/t11-,13?,15?,16?,23+/m0/s1. The largest absolute Gasteiger partial charge is 0.389 e. The fraction of sp³-hybridized carbons (Fsp3) is 0.435. The van der Waals surface area contributed by atoms with E-state index in [2.05, 4.69) is 15.3 Å². The highest BCUT2D eigenvalue weighted by atomic mass is 35.5. The molecule has 0 aliphatic heterocycles. The summed E-state index contributed by atoms with van der Waals surface area (Å²) in [7, 11) is -4.06. The van der Waals surface area contributed by atoms with Crippen LogP contribution in [0.4, 0.5) is 18.9 Å². The van der Waals surface area contributed by atoms with Crippen molar-refractivity contribution in [2.45, 2.75) is 41.9 Å². The van der Waals surface area contributed by atoms with Crippen molar-refractivity contribution in [2.75, 3.05) is 11.9 Å².